The van der Waals surface area contributed by atoms with Crippen LogP contribution in [-0.4, -0.2) is 35.0 Å². The van der Waals surface area contributed by atoms with Crippen LogP contribution < -0.4 is 0 Å². The zero-order chi connectivity index (χ0) is 22.5. The molecule has 0 aromatic carbocycles. The van der Waals surface area contributed by atoms with Gasteiger partial charge in [-0.05, 0) is 39.5 Å². The molecule has 0 fully saturated rings. The Labute approximate surface area is 186 Å². The summed E-state index contributed by atoms with van der Waals surface area (Å²) in [6.07, 6.45) is 22.9. The Morgan fingerprint density at radius 1 is 0.733 bits per heavy atom. The molecule has 176 valence electrons. The van der Waals surface area contributed by atoms with Crippen LogP contribution in [-0.2, 0) is 9.59 Å². The van der Waals surface area contributed by atoms with Crippen molar-refractivity contribution in [1.29, 1.82) is 0 Å². The number of rotatable bonds is 21. The highest BCUT2D eigenvalue weighted by atomic mass is 16.4. The van der Waals surface area contributed by atoms with E-state index in [1.165, 1.54) is 77.0 Å². The first-order valence-corrected chi connectivity index (χ1v) is 12.7. The van der Waals surface area contributed by atoms with E-state index < -0.39 is 11.9 Å². The molecule has 0 saturated carbocycles. The molecule has 0 aromatic heterocycles. The summed E-state index contributed by atoms with van der Waals surface area (Å²) in [6, 6.07) is 0. The lowest BCUT2D eigenvalue weighted by molar-refractivity contribution is -0.146. The average molecular weight is 424 g/mol. The molecule has 0 aliphatic rings. The minimum Gasteiger partial charge on any atom is -0.481 e. The van der Waals surface area contributed by atoms with Gasteiger partial charge < -0.3 is 10.0 Å². The van der Waals surface area contributed by atoms with Crippen LogP contribution in [0, 0.1) is 5.92 Å². The monoisotopic (exact) mass is 423 g/mol. The summed E-state index contributed by atoms with van der Waals surface area (Å²) in [7, 11) is 0. The predicted molar refractivity (Wildman–Crippen MR) is 128 cm³/mol. The largest absolute Gasteiger partial charge is 0.481 e. The molecule has 0 radical (unpaired) electrons. The molecule has 0 spiro atoms. The zero-order valence-corrected chi connectivity index (χ0v) is 20.2. The van der Waals surface area contributed by atoms with Crippen LogP contribution in [0.15, 0.2) is 12.2 Å². The Morgan fingerprint density at radius 3 is 1.67 bits per heavy atom. The van der Waals surface area contributed by atoms with Gasteiger partial charge in [0.2, 0.25) is 5.91 Å². The first-order valence-electron chi connectivity index (χ1n) is 12.7. The molecule has 4 heteroatoms. The molecular formula is C26H49NO3. The maximum atomic E-state index is 12.2. The Hall–Kier alpha value is -1.32. The highest BCUT2D eigenvalue weighted by Crippen LogP contribution is 2.18. The average Bonchev–Trinajstić information content (AvgIpc) is 2.73. The molecular weight excluding hydrogens is 374 g/mol. The smallest absolute Gasteiger partial charge is 0.307 e. The van der Waals surface area contributed by atoms with Gasteiger partial charge in [0, 0.05) is 19.5 Å². The number of hydrogen-bond acceptors (Lipinski definition) is 2. The van der Waals surface area contributed by atoms with Gasteiger partial charge in [-0.1, -0.05) is 89.7 Å². The molecule has 4 nitrogen and oxygen atoms in total. The zero-order valence-electron chi connectivity index (χ0n) is 20.2. The number of carbonyl (C=O) groups is 2. The van der Waals surface area contributed by atoms with Crippen LogP contribution in [0.1, 0.15) is 124 Å². The molecule has 0 aliphatic heterocycles. The SMILES string of the molecule is CCC/C=C/CCCCCCCCCCCCCC(CC(=O)N(CC)CC)C(=O)O. The van der Waals surface area contributed by atoms with E-state index in [4.69, 9.17) is 0 Å². The fraction of sp³-hybridized carbons (Fsp3) is 0.846. The van der Waals surface area contributed by atoms with Gasteiger partial charge in [0.1, 0.15) is 0 Å². The number of unbranched alkanes of at least 4 members (excludes halogenated alkanes) is 12. The van der Waals surface area contributed by atoms with Gasteiger partial charge in [-0.2, -0.15) is 0 Å². The lowest BCUT2D eigenvalue weighted by atomic mass is 9.96. The number of amides is 1. The number of nitrogens with zero attached hydrogens (tertiary/aromatic N) is 1. The van der Waals surface area contributed by atoms with Crippen LogP contribution in [0.4, 0.5) is 0 Å². The van der Waals surface area contributed by atoms with Gasteiger partial charge in [-0.15, -0.1) is 0 Å². The van der Waals surface area contributed by atoms with Crippen molar-refractivity contribution in [3.05, 3.63) is 12.2 Å². The lowest BCUT2D eigenvalue weighted by Crippen LogP contribution is -2.33. The second-order valence-corrected chi connectivity index (χ2v) is 8.53. The third-order valence-corrected chi connectivity index (χ3v) is 5.93. The third kappa shape index (κ3) is 16.5. The van der Waals surface area contributed by atoms with Crippen LogP contribution in [0.2, 0.25) is 0 Å². The molecule has 0 saturated heterocycles. The molecule has 1 N–H and O–H groups in total. The number of carbonyl (C=O) groups excluding carboxylic acids is 1. The maximum Gasteiger partial charge on any atom is 0.307 e. The quantitative estimate of drug-likeness (QED) is 0.155. The van der Waals surface area contributed by atoms with Gasteiger partial charge in [0.15, 0.2) is 0 Å². The molecule has 0 aromatic rings. The summed E-state index contributed by atoms with van der Waals surface area (Å²) in [5, 5.41) is 9.40. The van der Waals surface area contributed by atoms with Crippen LogP contribution in [0.3, 0.4) is 0 Å². The van der Waals surface area contributed by atoms with Crippen LogP contribution in [0.25, 0.3) is 0 Å². The third-order valence-electron chi connectivity index (χ3n) is 5.93. The van der Waals surface area contributed by atoms with E-state index in [2.05, 4.69) is 19.1 Å². The summed E-state index contributed by atoms with van der Waals surface area (Å²) in [4.78, 5) is 25.3. The van der Waals surface area contributed by atoms with E-state index >= 15 is 0 Å². The summed E-state index contributed by atoms with van der Waals surface area (Å²) in [5.74, 6) is -1.38. The summed E-state index contributed by atoms with van der Waals surface area (Å²) < 4.78 is 0. The molecule has 1 amide bonds. The van der Waals surface area contributed by atoms with E-state index in [-0.39, 0.29) is 12.3 Å². The highest BCUT2D eigenvalue weighted by Gasteiger charge is 2.22. The summed E-state index contributed by atoms with van der Waals surface area (Å²) in [5.41, 5.74) is 0. The van der Waals surface area contributed by atoms with Crippen molar-refractivity contribution in [2.45, 2.75) is 124 Å². The van der Waals surface area contributed by atoms with Crippen molar-refractivity contribution < 1.29 is 14.7 Å². The maximum absolute atomic E-state index is 12.2. The molecule has 0 rings (SSSR count). The molecule has 0 aliphatic carbocycles. The second-order valence-electron chi connectivity index (χ2n) is 8.53. The van der Waals surface area contributed by atoms with Crippen molar-refractivity contribution in [3.8, 4) is 0 Å². The number of carboxylic acid groups (broad SMARTS) is 1. The van der Waals surface area contributed by atoms with Gasteiger partial charge >= 0.3 is 5.97 Å². The van der Waals surface area contributed by atoms with Crippen molar-refractivity contribution in [2.75, 3.05) is 13.1 Å². The van der Waals surface area contributed by atoms with Gasteiger partial charge in [0.05, 0.1) is 5.92 Å². The fourth-order valence-electron chi connectivity index (χ4n) is 3.88. The van der Waals surface area contributed by atoms with Crippen molar-refractivity contribution in [1.82, 2.24) is 4.90 Å². The Kier molecular flexibility index (Phi) is 20.0. The van der Waals surface area contributed by atoms with E-state index in [1.54, 1.807) is 4.90 Å². The van der Waals surface area contributed by atoms with E-state index in [1.807, 2.05) is 13.8 Å². The van der Waals surface area contributed by atoms with E-state index in [9.17, 15) is 14.7 Å². The molecule has 1 atom stereocenters. The van der Waals surface area contributed by atoms with E-state index in [0.29, 0.717) is 19.5 Å². The normalized spacial score (nSPS) is 12.4. The molecule has 1 unspecified atom stereocenters. The first-order chi connectivity index (χ1) is 14.6. The Bertz CT molecular complexity index is 444. The molecule has 0 heterocycles. The fourth-order valence-corrected chi connectivity index (χ4v) is 3.88. The number of aliphatic carboxylic acids is 1. The number of allylic oxidation sites excluding steroid dienone is 2. The molecule has 0 bridgehead atoms. The van der Waals surface area contributed by atoms with Crippen molar-refractivity contribution in [3.63, 3.8) is 0 Å². The van der Waals surface area contributed by atoms with Gasteiger partial charge in [-0.3, -0.25) is 9.59 Å². The summed E-state index contributed by atoms with van der Waals surface area (Å²) >= 11 is 0. The Balaban J connectivity index is 3.58. The summed E-state index contributed by atoms with van der Waals surface area (Å²) in [6.45, 7) is 7.39. The number of hydrogen-bond donors (Lipinski definition) is 1. The van der Waals surface area contributed by atoms with Crippen molar-refractivity contribution >= 4 is 11.9 Å². The van der Waals surface area contributed by atoms with Gasteiger partial charge in [-0.25, -0.2) is 0 Å². The van der Waals surface area contributed by atoms with E-state index in [0.717, 1.165) is 12.8 Å². The number of carboxylic acids is 1. The lowest BCUT2D eigenvalue weighted by Gasteiger charge is -2.21. The first kappa shape index (κ1) is 28.7. The standard InChI is InChI=1S/C26H49NO3/c1-4-7-8-9-10-11-12-13-14-15-16-17-18-19-20-21-22-24(26(29)30)23-25(28)27(5-2)6-3/h8-9,24H,4-7,10-23H2,1-3H3,(H,29,30)/b9-8+. The second kappa shape index (κ2) is 20.9. The Morgan fingerprint density at radius 2 is 1.20 bits per heavy atom. The van der Waals surface area contributed by atoms with Gasteiger partial charge in [0.25, 0.3) is 0 Å². The molecule has 30 heavy (non-hydrogen) atoms. The minimum atomic E-state index is -0.826. The predicted octanol–water partition coefficient (Wildman–Crippen LogP) is 7.37. The highest BCUT2D eigenvalue weighted by molar-refractivity contribution is 5.82. The minimum absolute atomic E-state index is 0.0274. The topological polar surface area (TPSA) is 57.6 Å². The van der Waals surface area contributed by atoms with Crippen LogP contribution in [0.5, 0.6) is 0 Å². The van der Waals surface area contributed by atoms with Crippen LogP contribution >= 0.6 is 0 Å². The van der Waals surface area contributed by atoms with Crippen molar-refractivity contribution in [2.24, 2.45) is 5.92 Å².